The highest BCUT2D eigenvalue weighted by Crippen LogP contribution is 2.55. The molecule has 0 amide bonds. The van der Waals surface area contributed by atoms with Gasteiger partial charge in [0.05, 0.1) is 18.1 Å². The van der Waals surface area contributed by atoms with Crippen molar-refractivity contribution in [3.63, 3.8) is 0 Å². The van der Waals surface area contributed by atoms with Gasteiger partial charge >= 0.3 is 0 Å². The molecule has 0 spiro atoms. The van der Waals surface area contributed by atoms with Gasteiger partial charge in [-0.05, 0) is 50.1 Å². The molecule has 4 nitrogen and oxygen atoms in total. The number of likely N-dealkylation sites (tertiary alicyclic amines) is 1. The molecule has 23 heavy (non-hydrogen) atoms. The molecule has 4 rings (SSSR count). The highest BCUT2D eigenvalue weighted by Gasteiger charge is 2.59. The minimum absolute atomic E-state index is 0.0250. The quantitative estimate of drug-likeness (QED) is 0.742. The van der Waals surface area contributed by atoms with E-state index in [-0.39, 0.29) is 52.0 Å². The monoisotopic (exact) mass is 335 g/mol. The summed E-state index contributed by atoms with van der Waals surface area (Å²) in [6.07, 6.45) is 2.99. The molecule has 0 aromatic rings. The minimum atomic E-state index is -0.336. The van der Waals surface area contributed by atoms with E-state index >= 15 is 0 Å². The number of hydrogen-bond donors (Lipinski definition) is 1. The number of thioether (sulfide) groups is 1. The lowest BCUT2D eigenvalue weighted by Crippen LogP contribution is -2.46. The average Bonchev–Trinajstić information content (AvgIpc) is 3.16. The van der Waals surface area contributed by atoms with E-state index in [2.05, 4.69) is 18.4 Å². The van der Waals surface area contributed by atoms with E-state index in [4.69, 9.17) is 0 Å². The third-order valence-electron chi connectivity index (χ3n) is 6.57. The number of nitrogens with zero attached hydrogens (tertiary/aromatic N) is 1. The molecule has 7 unspecified atom stereocenters. The van der Waals surface area contributed by atoms with E-state index < -0.39 is 0 Å². The summed E-state index contributed by atoms with van der Waals surface area (Å²) in [5, 5.41) is 10.5. The zero-order valence-corrected chi connectivity index (χ0v) is 14.4. The molecule has 7 atom stereocenters. The van der Waals surface area contributed by atoms with Crippen LogP contribution in [0.2, 0.25) is 0 Å². The molecule has 126 valence electrons. The van der Waals surface area contributed by atoms with Gasteiger partial charge in [-0.15, -0.1) is 0 Å². The fourth-order valence-electron chi connectivity index (χ4n) is 5.37. The predicted molar refractivity (Wildman–Crippen MR) is 90.0 cm³/mol. The molecule has 2 saturated heterocycles. The molecule has 0 bridgehead atoms. The molecule has 2 heterocycles. The Labute approximate surface area is 141 Å². The van der Waals surface area contributed by atoms with Gasteiger partial charge in [0, 0.05) is 11.7 Å². The summed E-state index contributed by atoms with van der Waals surface area (Å²) in [7, 11) is 0. The largest absolute Gasteiger partial charge is 0.393 e. The van der Waals surface area contributed by atoms with Crippen molar-refractivity contribution in [2.75, 3.05) is 13.1 Å². The van der Waals surface area contributed by atoms with Gasteiger partial charge in [-0.25, -0.2) is 0 Å². The highest BCUT2D eigenvalue weighted by molar-refractivity contribution is 8.14. The normalized spacial score (nSPS) is 47.7. The number of rotatable bonds is 1. The molecule has 0 radical (unpaired) electrons. The van der Waals surface area contributed by atoms with Crippen LogP contribution in [0.15, 0.2) is 12.2 Å². The molecular formula is C18H25NO3S. The molecule has 4 aliphatic rings. The van der Waals surface area contributed by atoms with Gasteiger partial charge in [0.2, 0.25) is 5.12 Å². The third kappa shape index (κ3) is 2.35. The number of hydrogen-bond acceptors (Lipinski definition) is 5. The lowest BCUT2D eigenvalue weighted by Gasteiger charge is -2.31. The Morgan fingerprint density at radius 3 is 2.65 bits per heavy atom. The third-order valence-corrected chi connectivity index (χ3v) is 7.93. The van der Waals surface area contributed by atoms with Gasteiger partial charge in [-0.3, -0.25) is 14.5 Å². The molecule has 1 N–H and O–H groups in total. The highest BCUT2D eigenvalue weighted by atomic mass is 32.2. The Hall–Kier alpha value is -0.650. The second-order valence-electron chi connectivity index (χ2n) is 7.76. The summed E-state index contributed by atoms with van der Waals surface area (Å²) in [6, 6.07) is -0.239. The van der Waals surface area contributed by atoms with E-state index in [1.807, 2.05) is 0 Å². The van der Waals surface area contributed by atoms with E-state index in [1.54, 1.807) is 0 Å². The molecule has 0 aromatic heterocycles. The van der Waals surface area contributed by atoms with Gasteiger partial charge in [0.25, 0.3) is 0 Å². The van der Waals surface area contributed by atoms with E-state index in [9.17, 15) is 14.7 Å². The second kappa shape index (κ2) is 5.71. The maximum absolute atomic E-state index is 12.9. The molecule has 4 fully saturated rings. The lowest BCUT2D eigenvalue weighted by atomic mass is 9.80. The van der Waals surface area contributed by atoms with E-state index in [1.165, 1.54) is 11.8 Å². The van der Waals surface area contributed by atoms with E-state index in [0.717, 1.165) is 31.5 Å². The number of aliphatic hydroxyl groups is 1. The fraction of sp³-hybridized carbons (Fsp3) is 0.778. The average molecular weight is 335 g/mol. The number of ketones is 1. The van der Waals surface area contributed by atoms with Crippen molar-refractivity contribution in [1.29, 1.82) is 0 Å². The molecule has 2 aliphatic heterocycles. The van der Waals surface area contributed by atoms with Crippen molar-refractivity contribution in [2.24, 2.45) is 23.7 Å². The van der Waals surface area contributed by atoms with Crippen LogP contribution in [0.1, 0.15) is 32.6 Å². The first-order valence-electron chi connectivity index (χ1n) is 8.82. The van der Waals surface area contributed by atoms with Crippen LogP contribution in [0.4, 0.5) is 0 Å². The van der Waals surface area contributed by atoms with Crippen LogP contribution >= 0.6 is 11.8 Å². The first-order chi connectivity index (χ1) is 11.0. The van der Waals surface area contributed by atoms with Crippen LogP contribution in [0.5, 0.6) is 0 Å². The SMILES string of the molecule is C=C1CC(=O)C2C(SC(=O)C2N2CCCC2)C2C1CC(O)C2C. The summed E-state index contributed by atoms with van der Waals surface area (Å²) in [6.45, 7) is 8.10. The summed E-state index contributed by atoms with van der Waals surface area (Å²) < 4.78 is 0. The van der Waals surface area contributed by atoms with Crippen LogP contribution in [0.3, 0.4) is 0 Å². The Balaban J connectivity index is 1.72. The minimum Gasteiger partial charge on any atom is -0.393 e. The van der Waals surface area contributed by atoms with Crippen LogP contribution in [0.25, 0.3) is 0 Å². The van der Waals surface area contributed by atoms with Crippen molar-refractivity contribution in [1.82, 2.24) is 4.90 Å². The Morgan fingerprint density at radius 1 is 1.26 bits per heavy atom. The van der Waals surface area contributed by atoms with Crippen LogP contribution in [-0.2, 0) is 9.59 Å². The maximum atomic E-state index is 12.9. The van der Waals surface area contributed by atoms with Gasteiger partial charge in [0.1, 0.15) is 5.78 Å². The van der Waals surface area contributed by atoms with Crippen LogP contribution in [-0.4, -0.2) is 51.4 Å². The summed E-state index contributed by atoms with van der Waals surface area (Å²) in [5.74, 6) is 0.524. The first-order valence-corrected chi connectivity index (χ1v) is 9.70. The van der Waals surface area contributed by atoms with E-state index in [0.29, 0.717) is 12.8 Å². The molecule has 0 aromatic carbocycles. The molecule has 5 heteroatoms. The zero-order chi connectivity index (χ0) is 16.3. The first kappa shape index (κ1) is 15.9. The predicted octanol–water partition coefficient (Wildman–Crippen LogP) is 1.87. The number of Topliss-reactive ketones (excluding diaryl/α,β-unsaturated/α-hetero) is 1. The Bertz CT molecular complexity index is 556. The smallest absolute Gasteiger partial charge is 0.207 e. The topological polar surface area (TPSA) is 57.6 Å². The van der Waals surface area contributed by atoms with Crippen molar-refractivity contribution in [3.8, 4) is 0 Å². The number of carbonyl (C=O) groups is 2. The molecule has 2 aliphatic carbocycles. The van der Waals surface area contributed by atoms with Gasteiger partial charge in [-0.2, -0.15) is 0 Å². The standard InChI is InChI=1S/C18H25NO3S/c1-9-7-13(21)15-16(19-5-3-4-6-19)18(22)23-17(15)14-10(2)12(20)8-11(9)14/h10-12,14-17,20H,1,3-8H2,2H3. The molecule has 2 saturated carbocycles. The van der Waals surface area contributed by atoms with Crippen molar-refractivity contribution in [3.05, 3.63) is 12.2 Å². The maximum Gasteiger partial charge on any atom is 0.207 e. The van der Waals surface area contributed by atoms with Crippen molar-refractivity contribution in [2.45, 2.75) is 50.0 Å². The van der Waals surface area contributed by atoms with Gasteiger partial charge in [-0.1, -0.05) is 30.8 Å². The Kier molecular flexibility index (Phi) is 3.94. The number of carbonyl (C=O) groups excluding carboxylic acids is 2. The number of aliphatic hydroxyl groups excluding tert-OH is 1. The molecular weight excluding hydrogens is 310 g/mol. The van der Waals surface area contributed by atoms with Crippen molar-refractivity contribution < 1.29 is 14.7 Å². The van der Waals surface area contributed by atoms with Crippen LogP contribution < -0.4 is 0 Å². The van der Waals surface area contributed by atoms with Crippen LogP contribution in [0, 0.1) is 23.7 Å². The Morgan fingerprint density at radius 2 is 1.96 bits per heavy atom. The second-order valence-corrected chi connectivity index (χ2v) is 8.94. The summed E-state index contributed by atoms with van der Waals surface area (Å²) in [4.78, 5) is 27.9. The van der Waals surface area contributed by atoms with Gasteiger partial charge < -0.3 is 5.11 Å². The summed E-state index contributed by atoms with van der Waals surface area (Å²) in [5.41, 5.74) is 0.978. The fourth-order valence-corrected chi connectivity index (χ4v) is 7.12. The van der Waals surface area contributed by atoms with Gasteiger partial charge in [0.15, 0.2) is 0 Å². The number of fused-ring (bicyclic) bond motifs is 3. The van der Waals surface area contributed by atoms with Crippen molar-refractivity contribution >= 4 is 22.7 Å². The zero-order valence-electron chi connectivity index (χ0n) is 13.6. The lowest BCUT2D eigenvalue weighted by molar-refractivity contribution is -0.128. The summed E-state index contributed by atoms with van der Waals surface area (Å²) >= 11 is 1.39. The number of allylic oxidation sites excluding steroid dienone is 1.